The number of oxazole rings is 1. The van der Waals surface area contributed by atoms with Crippen LogP contribution in [-0.2, 0) is 24.4 Å². The minimum atomic E-state index is -0.254. The molecule has 172 valence electrons. The van der Waals surface area contributed by atoms with E-state index in [1.807, 2.05) is 74.5 Å². The Balaban J connectivity index is 1.33. The molecule has 4 aromatic rings. The summed E-state index contributed by atoms with van der Waals surface area (Å²) in [7, 11) is 0. The second kappa shape index (κ2) is 9.61. The van der Waals surface area contributed by atoms with Gasteiger partial charge in [-0.3, -0.25) is 14.7 Å². The smallest absolute Gasteiger partial charge is 0.229 e. The number of aromatic nitrogens is 2. The molecule has 34 heavy (non-hydrogen) atoms. The fourth-order valence-corrected chi connectivity index (χ4v) is 4.51. The number of benzene rings is 2. The molecule has 1 N–H and O–H groups in total. The van der Waals surface area contributed by atoms with E-state index in [1.54, 1.807) is 0 Å². The molecule has 1 unspecified atom stereocenters. The maximum Gasteiger partial charge on any atom is 0.229 e. The first-order valence-electron chi connectivity index (χ1n) is 11.6. The lowest BCUT2D eigenvalue weighted by atomic mass is 9.89. The van der Waals surface area contributed by atoms with Gasteiger partial charge in [-0.1, -0.05) is 48.5 Å². The number of carbonyl (C=O) groups is 1. The Labute approximate surface area is 199 Å². The molecule has 0 spiro atoms. The van der Waals surface area contributed by atoms with E-state index in [0.717, 1.165) is 40.5 Å². The topological polar surface area (TPSA) is 71.3 Å². The van der Waals surface area contributed by atoms with E-state index in [2.05, 4.69) is 27.3 Å². The lowest BCUT2D eigenvalue weighted by molar-refractivity contribution is -0.123. The molecule has 6 nitrogen and oxygen atoms in total. The number of amides is 1. The van der Waals surface area contributed by atoms with Gasteiger partial charge in [0.2, 0.25) is 11.8 Å². The van der Waals surface area contributed by atoms with Crippen molar-refractivity contribution in [3.8, 4) is 11.5 Å². The summed E-state index contributed by atoms with van der Waals surface area (Å²) in [5.41, 5.74) is 5.94. The molecule has 0 saturated heterocycles. The number of pyridine rings is 1. The van der Waals surface area contributed by atoms with Gasteiger partial charge >= 0.3 is 0 Å². The van der Waals surface area contributed by atoms with Gasteiger partial charge in [-0.05, 0) is 49.2 Å². The second-order valence-electron chi connectivity index (χ2n) is 8.80. The first-order valence-corrected chi connectivity index (χ1v) is 11.6. The average molecular weight is 453 g/mol. The van der Waals surface area contributed by atoms with Gasteiger partial charge in [0.1, 0.15) is 5.76 Å². The van der Waals surface area contributed by atoms with Gasteiger partial charge in [-0.2, -0.15) is 0 Å². The van der Waals surface area contributed by atoms with Crippen LogP contribution in [0.2, 0.25) is 0 Å². The monoisotopic (exact) mass is 452 g/mol. The molecule has 0 radical (unpaired) electrons. The number of nitrogens with zero attached hydrogens (tertiary/aromatic N) is 3. The molecule has 1 aliphatic rings. The van der Waals surface area contributed by atoms with E-state index in [0.29, 0.717) is 25.5 Å². The van der Waals surface area contributed by atoms with Crippen molar-refractivity contribution >= 4 is 5.91 Å². The molecular formula is C28H28N4O2. The van der Waals surface area contributed by atoms with Gasteiger partial charge < -0.3 is 9.73 Å². The summed E-state index contributed by atoms with van der Waals surface area (Å²) in [6, 6.07) is 24.0. The predicted octanol–water partition coefficient (Wildman–Crippen LogP) is 4.77. The normalized spacial score (nSPS) is 15.6. The molecule has 6 heteroatoms. The number of aryl methyl sites for hydroxylation is 2. The third-order valence-corrected chi connectivity index (χ3v) is 6.26. The van der Waals surface area contributed by atoms with Crippen LogP contribution in [0.4, 0.5) is 0 Å². The zero-order chi connectivity index (χ0) is 23.5. The van der Waals surface area contributed by atoms with Crippen LogP contribution < -0.4 is 5.32 Å². The van der Waals surface area contributed by atoms with E-state index >= 15 is 0 Å². The van der Waals surface area contributed by atoms with Crippen molar-refractivity contribution in [3.05, 3.63) is 107 Å². The van der Waals surface area contributed by atoms with E-state index in [4.69, 9.17) is 9.40 Å². The molecule has 2 aromatic heterocycles. The third kappa shape index (κ3) is 4.77. The van der Waals surface area contributed by atoms with Gasteiger partial charge in [-0.15, -0.1) is 0 Å². The summed E-state index contributed by atoms with van der Waals surface area (Å²) in [5.74, 6) is 1.20. The van der Waals surface area contributed by atoms with E-state index in [9.17, 15) is 4.79 Å². The van der Waals surface area contributed by atoms with E-state index < -0.39 is 0 Å². The summed E-state index contributed by atoms with van der Waals surface area (Å²) in [4.78, 5) is 24.8. The van der Waals surface area contributed by atoms with Crippen LogP contribution in [0.3, 0.4) is 0 Å². The Morgan fingerprint density at radius 3 is 2.62 bits per heavy atom. The minimum absolute atomic E-state index is 0.0160. The lowest BCUT2D eigenvalue weighted by Gasteiger charge is -2.33. The average Bonchev–Trinajstić information content (AvgIpc) is 3.22. The fourth-order valence-electron chi connectivity index (χ4n) is 4.51. The van der Waals surface area contributed by atoms with Gasteiger partial charge in [0.15, 0.2) is 0 Å². The van der Waals surface area contributed by atoms with Crippen LogP contribution in [0.25, 0.3) is 11.5 Å². The van der Waals surface area contributed by atoms with E-state index in [-0.39, 0.29) is 11.8 Å². The van der Waals surface area contributed by atoms with Crippen molar-refractivity contribution < 1.29 is 9.21 Å². The van der Waals surface area contributed by atoms with Crippen LogP contribution in [0, 0.1) is 13.8 Å². The Kier molecular flexibility index (Phi) is 6.23. The summed E-state index contributed by atoms with van der Waals surface area (Å²) in [6.07, 6.45) is 0. The Hall–Kier alpha value is -3.77. The summed E-state index contributed by atoms with van der Waals surface area (Å²) >= 11 is 0. The minimum Gasteiger partial charge on any atom is -0.441 e. The number of fused-ring (bicyclic) bond motifs is 1. The van der Waals surface area contributed by atoms with Crippen molar-refractivity contribution in [1.82, 2.24) is 20.2 Å². The Morgan fingerprint density at radius 1 is 1.00 bits per heavy atom. The fraction of sp³-hybridized carbons (Fsp3) is 0.250. The molecule has 1 atom stereocenters. The van der Waals surface area contributed by atoms with Gasteiger partial charge in [-0.25, -0.2) is 4.98 Å². The first-order chi connectivity index (χ1) is 16.6. The SMILES string of the molecule is Cc1cccc(CNC(=O)C2CN(Cc3nc(-c4ccccc4)oc3C)Cc3ccccc32)n1. The molecule has 5 rings (SSSR count). The first kappa shape index (κ1) is 22.0. The number of hydrogen-bond acceptors (Lipinski definition) is 5. The Morgan fingerprint density at radius 2 is 1.79 bits per heavy atom. The van der Waals surface area contributed by atoms with Crippen LogP contribution in [-0.4, -0.2) is 27.3 Å². The number of carbonyl (C=O) groups excluding carboxylic acids is 1. The molecule has 0 bridgehead atoms. The number of nitrogens with one attached hydrogen (secondary N) is 1. The standard InChI is InChI=1S/C28H28N4O2/c1-19-9-8-13-23(30-19)15-29-27(33)25-17-32(16-22-12-6-7-14-24(22)25)18-26-20(2)34-28(31-26)21-10-4-3-5-11-21/h3-14,25H,15-18H2,1-2H3,(H,29,33). The van der Waals surface area contributed by atoms with Gasteiger partial charge in [0.05, 0.1) is 23.9 Å². The second-order valence-corrected chi connectivity index (χ2v) is 8.80. The summed E-state index contributed by atoms with van der Waals surface area (Å²) in [6.45, 7) is 6.34. The number of hydrogen-bond donors (Lipinski definition) is 1. The highest BCUT2D eigenvalue weighted by Gasteiger charge is 2.31. The maximum atomic E-state index is 13.3. The summed E-state index contributed by atoms with van der Waals surface area (Å²) < 4.78 is 5.96. The van der Waals surface area contributed by atoms with Crippen molar-refractivity contribution in [2.75, 3.05) is 6.54 Å². The van der Waals surface area contributed by atoms with E-state index in [1.165, 1.54) is 5.56 Å². The highest BCUT2D eigenvalue weighted by Crippen LogP contribution is 2.30. The quantitative estimate of drug-likeness (QED) is 0.456. The van der Waals surface area contributed by atoms with Crippen molar-refractivity contribution in [2.45, 2.75) is 39.4 Å². The maximum absolute atomic E-state index is 13.3. The molecule has 0 fully saturated rings. The zero-order valence-electron chi connectivity index (χ0n) is 19.5. The number of rotatable bonds is 6. The molecule has 3 heterocycles. The van der Waals surface area contributed by atoms with Crippen LogP contribution in [0.1, 0.15) is 39.9 Å². The molecular weight excluding hydrogens is 424 g/mol. The van der Waals surface area contributed by atoms with Crippen LogP contribution in [0.5, 0.6) is 0 Å². The molecule has 0 aliphatic carbocycles. The summed E-state index contributed by atoms with van der Waals surface area (Å²) in [5, 5.41) is 3.10. The molecule has 1 aliphatic heterocycles. The van der Waals surface area contributed by atoms with Gasteiger partial charge in [0, 0.05) is 30.9 Å². The predicted molar refractivity (Wildman–Crippen MR) is 131 cm³/mol. The van der Waals surface area contributed by atoms with Gasteiger partial charge in [0.25, 0.3) is 0 Å². The third-order valence-electron chi connectivity index (χ3n) is 6.26. The van der Waals surface area contributed by atoms with Crippen molar-refractivity contribution in [2.24, 2.45) is 0 Å². The van der Waals surface area contributed by atoms with Crippen LogP contribution in [0.15, 0.2) is 77.2 Å². The molecule has 2 aromatic carbocycles. The lowest BCUT2D eigenvalue weighted by Crippen LogP contribution is -2.41. The highest BCUT2D eigenvalue weighted by molar-refractivity contribution is 5.84. The van der Waals surface area contributed by atoms with Crippen molar-refractivity contribution in [1.29, 1.82) is 0 Å². The van der Waals surface area contributed by atoms with Crippen LogP contribution >= 0.6 is 0 Å². The highest BCUT2D eigenvalue weighted by atomic mass is 16.4. The molecule has 0 saturated carbocycles. The largest absolute Gasteiger partial charge is 0.441 e. The van der Waals surface area contributed by atoms with Crippen molar-refractivity contribution in [3.63, 3.8) is 0 Å². The molecule has 1 amide bonds. The Bertz CT molecular complexity index is 1300. The zero-order valence-corrected chi connectivity index (χ0v) is 19.5.